The largest absolute Gasteiger partial charge is 0.319 e. The summed E-state index contributed by atoms with van der Waals surface area (Å²) in [5.41, 5.74) is 6.61. The van der Waals surface area contributed by atoms with Crippen molar-refractivity contribution < 1.29 is 4.79 Å². The Hall–Kier alpha value is -1.74. The SMILES string of the molecule is CCC(C)(N)C(=O)c1cnc2ccccc2c1. The fraction of sp³-hybridized carbons (Fsp3) is 0.286. The smallest absolute Gasteiger partial charge is 0.183 e. The van der Waals surface area contributed by atoms with E-state index in [0.717, 1.165) is 10.9 Å². The quantitative estimate of drug-likeness (QED) is 0.821. The van der Waals surface area contributed by atoms with Gasteiger partial charge in [0, 0.05) is 17.1 Å². The van der Waals surface area contributed by atoms with Crippen molar-refractivity contribution in [3.05, 3.63) is 42.1 Å². The second-order valence-electron chi connectivity index (χ2n) is 4.52. The Kier molecular flexibility index (Phi) is 2.94. The number of fused-ring (bicyclic) bond motifs is 1. The number of para-hydroxylation sites is 1. The van der Waals surface area contributed by atoms with Crippen molar-refractivity contribution in [2.75, 3.05) is 0 Å². The molecule has 3 nitrogen and oxygen atoms in total. The number of rotatable bonds is 3. The minimum atomic E-state index is -0.815. The highest BCUT2D eigenvalue weighted by Crippen LogP contribution is 2.18. The first-order chi connectivity index (χ1) is 8.04. The molecule has 17 heavy (non-hydrogen) atoms. The van der Waals surface area contributed by atoms with Gasteiger partial charge in [-0.3, -0.25) is 9.78 Å². The van der Waals surface area contributed by atoms with Crippen LogP contribution in [0.3, 0.4) is 0 Å². The number of carbonyl (C=O) groups is 1. The topological polar surface area (TPSA) is 56.0 Å². The van der Waals surface area contributed by atoms with Crippen molar-refractivity contribution in [1.29, 1.82) is 0 Å². The number of benzene rings is 1. The van der Waals surface area contributed by atoms with Crippen LogP contribution in [-0.4, -0.2) is 16.3 Å². The first-order valence-electron chi connectivity index (χ1n) is 5.73. The van der Waals surface area contributed by atoms with Gasteiger partial charge in [0.05, 0.1) is 11.1 Å². The van der Waals surface area contributed by atoms with Gasteiger partial charge >= 0.3 is 0 Å². The molecule has 1 unspecified atom stereocenters. The summed E-state index contributed by atoms with van der Waals surface area (Å²) < 4.78 is 0. The van der Waals surface area contributed by atoms with E-state index in [0.29, 0.717) is 12.0 Å². The van der Waals surface area contributed by atoms with E-state index < -0.39 is 5.54 Å². The van der Waals surface area contributed by atoms with Crippen molar-refractivity contribution >= 4 is 16.7 Å². The van der Waals surface area contributed by atoms with Gasteiger partial charge in [0.15, 0.2) is 5.78 Å². The van der Waals surface area contributed by atoms with Crippen LogP contribution >= 0.6 is 0 Å². The molecule has 2 rings (SSSR count). The summed E-state index contributed by atoms with van der Waals surface area (Å²) in [7, 11) is 0. The van der Waals surface area contributed by atoms with E-state index in [9.17, 15) is 4.79 Å². The van der Waals surface area contributed by atoms with E-state index in [-0.39, 0.29) is 5.78 Å². The van der Waals surface area contributed by atoms with Gasteiger partial charge in [-0.1, -0.05) is 25.1 Å². The summed E-state index contributed by atoms with van der Waals surface area (Å²) in [5, 5.41) is 0.963. The summed E-state index contributed by atoms with van der Waals surface area (Å²) in [6, 6.07) is 9.57. The molecule has 1 heterocycles. The second kappa shape index (κ2) is 4.26. The van der Waals surface area contributed by atoms with Crippen LogP contribution in [0.4, 0.5) is 0 Å². The van der Waals surface area contributed by atoms with Gasteiger partial charge in [0.25, 0.3) is 0 Å². The Morgan fingerprint density at radius 2 is 2.12 bits per heavy atom. The van der Waals surface area contributed by atoms with E-state index >= 15 is 0 Å². The van der Waals surface area contributed by atoms with Crippen molar-refractivity contribution in [3.63, 3.8) is 0 Å². The first kappa shape index (κ1) is 11.7. The van der Waals surface area contributed by atoms with E-state index in [4.69, 9.17) is 5.73 Å². The molecule has 1 aromatic heterocycles. The van der Waals surface area contributed by atoms with Gasteiger partial charge in [-0.15, -0.1) is 0 Å². The summed E-state index contributed by atoms with van der Waals surface area (Å²) in [4.78, 5) is 16.4. The zero-order chi connectivity index (χ0) is 12.5. The zero-order valence-corrected chi connectivity index (χ0v) is 10.1. The van der Waals surface area contributed by atoms with Gasteiger partial charge in [-0.05, 0) is 25.5 Å². The van der Waals surface area contributed by atoms with Crippen molar-refractivity contribution in [2.45, 2.75) is 25.8 Å². The number of pyridine rings is 1. The highest BCUT2D eigenvalue weighted by atomic mass is 16.1. The van der Waals surface area contributed by atoms with Crippen LogP contribution < -0.4 is 5.73 Å². The minimum absolute atomic E-state index is 0.0572. The Bertz CT molecular complexity index is 561. The zero-order valence-electron chi connectivity index (χ0n) is 10.1. The third kappa shape index (κ3) is 2.19. The lowest BCUT2D eigenvalue weighted by Crippen LogP contribution is -2.44. The van der Waals surface area contributed by atoms with Crippen LogP contribution in [0.2, 0.25) is 0 Å². The molecule has 0 aliphatic heterocycles. The van der Waals surface area contributed by atoms with Gasteiger partial charge < -0.3 is 5.73 Å². The first-order valence-corrected chi connectivity index (χ1v) is 5.73. The van der Waals surface area contributed by atoms with Crippen molar-refractivity contribution in [1.82, 2.24) is 4.98 Å². The van der Waals surface area contributed by atoms with Gasteiger partial charge in [-0.2, -0.15) is 0 Å². The number of nitrogens with two attached hydrogens (primary N) is 1. The monoisotopic (exact) mass is 228 g/mol. The van der Waals surface area contributed by atoms with Crippen LogP contribution in [0.15, 0.2) is 36.5 Å². The molecule has 1 atom stereocenters. The molecule has 0 radical (unpaired) electrons. The molecule has 2 aromatic rings. The molecule has 0 bridgehead atoms. The summed E-state index contributed by atoms with van der Waals surface area (Å²) in [6.07, 6.45) is 2.21. The summed E-state index contributed by atoms with van der Waals surface area (Å²) in [5.74, 6) is -0.0572. The van der Waals surface area contributed by atoms with Crippen LogP contribution in [0.1, 0.15) is 30.6 Å². The Morgan fingerprint density at radius 3 is 2.82 bits per heavy atom. The predicted octanol–water partition coefficient (Wildman–Crippen LogP) is 2.54. The van der Waals surface area contributed by atoms with Crippen molar-refractivity contribution in [2.24, 2.45) is 5.73 Å². The molecular weight excluding hydrogens is 212 g/mol. The fourth-order valence-electron chi connectivity index (χ4n) is 1.69. The molecule has 0 spiro atoms. The predicted molar refractivity (Wildman–Crippen MR) is 69.0 cm³/mol. The number of hydrogen-bond acceptors (Lipinski definition) is 3. The Balaban J connectivity index is 2.47. The number of ketones is 1. The van der Waals surface area contributed by atoms with E-state index in [1.807, 2.05) is 37.3 Å². The van der Waals surface area contributed by atoms with Gasteiger partial charge in [0.1, 0.15) is 0 Å². The molecular formula is C14H16N2O. The summed E-state index contributed by atoms with van der Waals surface area (Å²) in [6.45, 7) is 3.66. The lowest BCUT2D eigenvalue weighted by Gasteiger charge is -2.20. The second-order valence-corrected chi connectivity index (χ2v) is 4.52. The maximum absolute atomic E-state index is 12.2. The van der Waals surface area contributed by atoms with Crippen LogP contribution in [0, 0.1) is 0 Å². The third-order valence-electron chi connectivity index (χ3n) is 3.11. The van der Waals surface area contributed by atoms with Crippen LogP contribution in [-0.2, 0) is 0 Å². The molecule has 0 saturated carbocycles. The highest BCUT2D eigenvalue weighted by Gasteiger charge is 2.27. The van der Waals surface area contributed by atoms with Gasteiger partial charge in [-0.25, -0.2) is 0 Å². The average molecular weight is 228 g/mol. The third-order valence-corrected chi connectivity index (χ3v) is 3.11. The number of aromatic nitrogens is 1. The van der Waals surface area contributed by atoms with Crippen molar-refractivity contribution in [3.8, 4) is 0 Å². The molecule has 0 aliphatic carbocycles. The molecule has 0 saturated heterocycles. The minimum Gasteiger partial charge on any atom is -0.319 e. The van der Waals surface area contributed by atoms with E-state index in [1.165, 1.54) is 0 Å². The number of carbonyl (C=O) groups excluding carboxylic acids is 1. The molecule has 1 aromatic carbocycles. The van der Waals surface area contributed by atoms with Gasteiger partial charge in [0.2, 0.25) is 0 Å². The molecule has 2 N–H and O–H groups in total. The molecule has 3 heteroatoms. The highest BCUT2D eigenvalue weighted by molar-refractivity contribution is 6.04. The molecule has 0 aliphatic rings. The lowest BCUT2D eigenvalue weighted by atomic mass is 9.90. The average Bonchev–Trinajstić information content (AvgIpc) is 2.37. The standard InChI is InChI=1S/C14H16N2O/c1-3-14(2,15)13(17)11-8-10-6-4-5-7-12(10)16-9-11/h4-9H,3,15H2,1-2H3. The molecule has 88 valence electrons. The van der Waals surface area contributed by atoms with Crippen LogP contribution in [0.5, 0.6) is 0 Å². The number of Topliss-reactive ketones (excluding diaryl/α,β-unsaturated/α-hetero) is 1. The summed E-state index contributed by atoms with van der Waals surface area (Å²) >= 11 is 0. The Labute approximate surface area is 101 Å². The Morgan fingerprint density at radius 1 is 1.41 bits per heavy atom. The lowest BCUT2D eigenvalue weighted by molar-refractivity contribution is 0.0897. The van der Waals surface area contributed by atoms with E-state index in [1.54, 1.807) is 13.1 Å². The normalized spacial score (nSPS) is 14.5. The number of hydrogen-bond donors (Lipinski definition) is 1. The van der Waals surface area contributed by atoms with Crippen LogP contribution in [0.25, 0.3) is 10.9 Å². The fourth-order valence-corrected chi connectivity index (χ4v) is 1.69. The maximum atomic E-state index is 12.2. The molecule has 0 amide bonds. The van der Waals surface area contributed by atoms with E-state index in [2.05, 4.69) is 4.98 Å². The number of nitrogens with zero attached hydrogens (tertiary/aromatic N) is 1. The molecule has 0 fully saturated rings. The maximum Gasteiger partial charge on any atom is 0.183 e.